The minimum Gasteiger partial charge on any atom is -0.391 e. The van der Waals surface area contributed by atoms with Crippen LogP contribution in [-0.4, -0.2) is 35.5 Å². The topological polar surface area (TPSA) is 66.7 Å². The standard InChI is InChI=1S/C23H39NO2.CH2O/c1-16(17-11-13-23(2,3)14-12-17)24-20-10-9-19(15-21(20)25)22(26)18-7-5-4-6-8-18;1-2/h17-21,25H,4-15H2,1-3H3;1H2. The molecule has 3 fully saturated rings. The molecule has 4 heteroatoms. The molecule has 0 spiro atoms. The van der Waals surface area contributed by atoms with Crippen molar-refractivity contribution >= 4 is 18.3 Å². The highest BCUT2D eigenvalue weighted by Crippen LogP contribution is 2.39. The third-order valence-electron chi connectivity index (χ3n) is 7.49. The van der Waals surface area contributed by atoms with Gasteiger partial charge in [0.05, 0.1) is 12.1 Å². The predicted octanol–water partition coefficient (Wildman–Crippen LogP) is 5.16. The van der Waals surface area contributed by atoms with Crippen LogP contribution >= 0.6 is 0 Å². The van der Waals surface area contributed by atoms with Gasteiger partial charge in [-0.25, -0.2) is 0 Å². The first kappa shape index (κ1) is 23.3. The van der Waals surface area contributed by atoms with E-state index in [9.17, 15) is 9.90 Å². The van der Waals surface area contributed by atoms with Gasteiger partial charge in [-0.15, -0.1) is 0 Å². The third kappa shape index (κ3) is 6.23. The highest BCUT2D eigenvalue weighted by Gasteiger charge is 2.36. The Kier molecular flexibility index (Phi) is 8.85. The summed E-state index contributed by atoms with van der Waals surface area (Å²) in [7, 11) is 0. The number of aliphatic hydroxyl groups excluding tert-OH is 1. The van der Waals surface area contributed by atoms with Crippen molar-refractivity contribution in [3.63, 3.8) is 0 Å². The second-order valence-electron chi connectivity index (χ2n) is 10.1. The Labute approximate surface area is 171 Å². The fraction of sp³-hybridized carbons (Fsp3) is 0.875. The smallest absolute Gasteiger partial charge is 0.139 e. The maximum absolute atomic E-state index is 12.8. The monoisotopic (exact) mass is 391 g/mol. The molecule has 3 unspecified atom stereocenters. The van der Waals surface area contributed by atoms with Gasteiger partial charge in [0.2, 0.25) is 0 Å². The van der Waals surface area contributed by atoms with Gasteiger partial charge in [-0.2, -0.15) is 0 Å². The molecule has 1 N–H and O–H groups in total. The van der Waals surface area contributed by atoms with E-state index in [2.05, 4.69) is 20.8 Å². The Bertz CT molecular complexity index is 526. The maximum Gasteiger partial charge on any atom is 0.139 e. The maximum atomic E-state index is 12.8. The van der Waals surface area contributed by atoms with E-state index in [1.54, 1.807) is 0 Å². The van der Waals surface area contributed by atoms with Crippen molar-refractivity contribution in [2.45, 2.75) is 110 Å². The van der Waals surface area contributed by atoms with Crippen LogP contribution in [0.1, 0.15) is 97.8 Å². The normalized spacial score (nSPS) is 32.3. The lowest BCUT2D eigenvalue weighted by Crippen LogP contribution is -2.38. The van der Waals surface area contributed by atoms with Gasteiger partial charge in [-0.3, -0.25) is 9.79 Å². The van der Waals surface area contributed by atoms with Crippen molar-refractivity contribution < 1.29 is 14.7 Å². The zero-order valence-corrected chi connectivity index (χ0v) is 18.3. The van der Waals surface area contributed by atoms with E-state index in [1.807, 2.05) is 6.79 Å². The van der Waals surface area contributed by atoms with Crippen LogP contribution in [0.25, 0.3) is 0 Å². The summed E-state index contributed by atoms with van der Waals surface area (Å²) in [5, 5.41) is 10.7. The van der Waals surface area contributed by atoms with Gasteiger partial charge < -0.3 is 9.90 Å². The summed E-state index contributed by atoms with van der Waals surface area (Å²) in [6.07, 6.45) is 12.8. The van der Waals surface area contributed by atoms with Crippen LogP contribution in [0.3, 0.4) is 0 Å². The van der Waals surface area contributed by atoms with Crippen LogP contribution in [-0.2, 0) is 9.59 Å². The third-order valence-corrected chi connectivity index (χ3v) is 7.49. The summed E-state index contributed by atoms with van der Waals surface area (Å²) in [5.41, 5.74) is 1.72. The molecule has 0 aromatic carbocycles. The van der Waals surface area contributed by atoms with E-state index >= 15 is 0 Å². The number of hydrogen-bond donors (Lipinski definition) is 1. The van der Waals surface area contributed by atoms with Crippen LogP contribution < -0.4 is 0 Å². The predicted molar refractivity (Wildman–Crippen MR) is 115 cm³/mol. The molecule has 0 amide bonds. The molecule has 160 valence electrons. The number of carbonyl (C=O) groups is 2. The van der Waals surface area contributed by atoms with Crippen LogP contribution in [0.5, 0.6) is 0 Å². The van der Waals surface area contributed by atoms with Crippen LogP contribution in [0, 0.1) is 23.2 Å². The minimum atomic E-state index is -0.434. The Hall–Kier alpha value is -1.03. The number of aliphatic hydroxyl groups is 1. The first-order valence-electron chi connectivity index (χ1n) is 11.4. The molecule has 0 heterocycles. The average molecular weight is 392 g/mol. The van der Waals surface area contributed by atoms with Crippen LogP contribution in [0.2, 0.25) is 0 Å². The lowest BCUT2D eigenvalue weighted by Gasteiger charge is -2.36. The molecule has 3 rings (SSSR count). The molecule has 0 saturated heterocycles. The highest BCUT2D eigenvalue weighted by molar-refractivity contribution is 5.85. The first-order chi connectivity index (χ1) is 13.4. The second kappa shape index (κ2) is 10.7. The molecule has 0 aliphatic heterocycles. The number of nitrogens with zero attached hydrogens (tertiary/aromatic N) is 1. The molecule has 3 saturated carbocycles. The van der Waals surface area contributed by atoms with Crippen molar-refractivity contribution in [2.75, 3.05) is 0 Å². The van der Waals surface area contributed by atoms with E-state index in [0.29, 0.717) is 23.5 Å². The first-order valence-corrected chi connectivity index (χ1v) is 11.4. The number of ketones is 1. The van der Waals surface area contributed by atoms with Gasteiger partial charge in [0.1, 0.15) is 12.6 Å². The van der Waals surface area contributed by atoms with Gasteiger partial charge >= 0.3 is 0 Å². The number of rotatable bonds is 4. The van der Waals surface area contributed by atoms with Crippen molar-refractivity contribution in [3.05, 3.63) is 0 Å². The SMILES string of the molecule is C=O.CC(=NC1CCC(C(=O)C2CCCCC2)CC1O)C1CCC(C)(C)CC1. The number of carbonyl (C=O) groups excluding carboxylic acids is 2. The van der Waals surface area contributed by atoms with Crippen molar-refractivity contribution in [2.24, 2.45) is 28.2 Å². The van der Waals surface area contributed by atoms with Gasteiger partial charge in [-0.1, -0.05) is 33.1 Å². The molecule has 3 aliphatic rings. The average Bonchev–Trinajstić information content (AvgIpc) is 2.71. The molecule has 0 radical (unpaired) electrons. The molecule has 0 aromatic heterocycles. The van der Waals surface area contributed by atoms with Crippen molar-refractivity contribution in [1.82, 2.24) is 0 Å². The van der Waals surface area contributed by atoms with Crippen molar-refractivity contribution in [1.29, 1.82) is 0 Å². The summed E-state index contributed by atoms with van der Waals surface area (Å²) in [5.74, 6) is 1.39. The lowest BCUT2D eigenvalue weighted by molar-refractivity contribution is -0.130. The van der Waals surface area contributed by atoms with Crippen molar-refractivity contribution in [3.8, 4) is 0 Å². The molecule has 0 aromatic rings. The zero-order valence-electron chi connectivity index (χ0n) is 18.3. The van der Waals surface area contributed by atoms with Gasteiger partial charge in [-0.05, 0) is 76.0 Å². The molecule has 0 bridgehead atoms. The molecule has 28 heavy (non-hydrogen) atoms. The van der Waals surface area contributed by atoms with E-state index in [0.717, 1.165) is 25.7 Å². The molecule has 4 nitrogen and oxygen atoms in total. The fourth-order valence-corrected chi connectivity index (χ4v) is 5.44. The number of Topliss-reactive ketones (excluding diaryl/α,β-unsaturated/α-hetero) is 1. The summed E-state index contributed by atoms with van der Waals surface area (Å²) in [4.78, 5) is 25.7. The summed E-state index contributed by atoms with van der Waals surface area (Å²) < 4.78 is 0. The van der Waals surface area contributed by atoms with Gasteiger partial charge in [0.15, 0.2) is 0 Å². The van der Waals surface area contributed by atoms with Crippen LogP contribution in [0.4, 0.5) is 0 Å². The number of aliphatic imine (C=N–C) groups is 1. The van der Waals surface area contributed by atoms with E-state index in [1.165, 1.54) is 50.7 Å². The minimum absolute atomic E-state index is 0.0142. The number of hydrogen-bond acceptors (Lipinski definition) is 4. The summed E-state index contributed by atoms with van der Waals surface area (Å²) in [6.45, 7) is 8.89. The molecule has 3 atom stereocenters. The summed E-state index contributed by atoms with van der Waals surface area (Å²) >= 11 is 0. The highest BCUT2D eigenvalue weighted by atomic mass is 16.3. The van der Waals surface area contributed by atoms with E-state index < -0.39 is 6.10 Å². The zero-order chi connectivity index (χ0) is 20.7. The summed E-state index contributed by atoms with van der Waals surface area (Å²) in [6, 6.07) is 0.0142. The Morgan fingerprint density at radius 1 is 0.893 bits per heavy atom. The largest absolute Gasteiger partial charge is 0.391 e. The Morgan fingerprint density at radius 2 is 1.50 bits per heavy atom. The van der Waals surface area contributed by atoms with Gasteiger partial charge in [0, 0.05) is 17.5 Å². The molecular formula is C24H41NO3. The van der Waals surface area contributed by atoms with Gasteiger partial charge in [0.25, 0.3) is 0 Å². The lowest BCUT2D eigenvalue weighted by atomic mass is 9.72. The quantitative estimate of drug-likeness (QED) is 0.673. The van der Waals surface area contributed by atoms with E-state index in [4.69, 9.17) is 9.79 Å². The fourth-order valence-electron chi connectivity index (χ4n) is 5.44. The Balaban J connectivity index is 0.00000136. The molecular weight excluding hydrogens is 350 g/mol. The van der Waals surface area contributed by atoms with Crippen LogP contribution in [0.15, 0.2) is 4.99 Å². The Morgan fingerprint density at radius 3 is 2.07 bits per heavy atom. The second-order valence-corrected chi connectivity index (χ2v) is 10.1. The van der Waals surface area contributed by atoms with E-state index in [-0.39, 0.29) is 17.9 Å². The molecule has 3 aliphatic carbocycles.